The minimum Gasteiger partial charge on any atom is -0.384 e. The van der Waals surface area contributed by atoms with Crippen LogP contribution in [0.3, 0.4) is 0 Å². The summed E-state index contributed by atoms with van der Waals surface area (Å²) in [7, 11) is 4.35. The van der Waals surface area contributed by atoms with E-state index in [0.717, 1.165) is 31.4 Å². The van der Waals surface area contributed by atoms with Crippen LogP contribution in [0.25, 0.3) is 0 Å². The Hall–Kier alpha value is -1.29. The minimum atomic E-state index is 0.728. The highest BCUT2D eigenvalue weighted by molar-refractivity contribution is 5.55. The SMILES string of the molecule is CCNc1cncc(N2CCC(N(C)C)CC2)c1. The van der Waals surface area contributed by atoms with Crippen molar-refractivity contribution in [3.05, 3.63) is 18.5 Å². The van der Waals surface area contributed by atoms with Crippen LogP contribution < -0.4 is 10.2 Å². The van der Waals surface area contributed by atoms with E-state index in [4.69, 9.17) is 0 Å². The van der Waals surface area contributed by atoms with Gasteiger partial charge in [0.25, 0.3) is 0 Å². The van der Waals surface area contributed by atoms with Crippen LogP contribution in [0.1, 0.15) is 19.8 Å². The first kappa shape index (κ1) is 13.1. The van der Waals surface area contributed by atoms with Gasteiger partial charge in [-0.25, -0.2) is 0 Å². The number of piperidine rings is 1. The van der Waals surface area contributed by atoms with Gasteiger partial charge in [0.05, 0.1) is 23.8 Å². The number of hydrogen-bond donors (Lipinski definition) is 1. The van der Waals surface area contributed by atoms with Crippen molar-refractivity contribution < 1.29 is 0 Å². The Labute approximate surface area is 110 Å². The molecule has 4 nitrogen and oxygen atoms in total. The van der Waals surface area contributed by atoms with Gasteiger partial charge in [0.1, 0.15) is 0 Å². The van der Waals surface area contributed by atoms with Crippen LogP contribution in [0.2, 0.25) is 0 Å². The third-order valence-electron chi connectivity index (χ3n) is 3.66. The normalized spacial score (nSPS) is 17.2. The molecule has 1 N–H and O–H groups in total. The van der Waals surface area contributed by atoms with Gasteiger partial charge < -0.3 is 15.1 Å². The van der Waals surface area contributed by atoms with Gasteiger partial charge in [-0.1, -0.05) is 0 Å². The number of pyridine rings is 1. The van der Waals surface area contributed by atoms with Crippen molar-refractivity contribution >= 4 is 11.4 Å². The molecular formula is C14H24N4. The van der Waals surface area contributed by atoms with Gasteiger partial charge in [0.2, 0.25) is 0 Å². The number of anilines is 2. The zero-order chi connectivity index (χ0) is 13.0. The van der Waals surface area contributed by atoms with Crippen molar-refractivity contribution in [3.8, 4) is 0 Å². The zero-order valence-corrected chi connectivity index (χ0v) is 11.7. The maximum Gasteiger partial charge on any atom is 0.0573 e. The molecule has 4 heteroatoms. The van der Waals surface area contributed by atoms with Gasteiger partial charge in [0, 0.05) is 25.7 Å². The van der Waals surface area contributed by atoms with Gasteiger partial charge in [-0.15, -0.1) is 0 Å². The Morgan fingerprint density at radius 1 is 1.33 bits per heavy atom. The highest BCUT2D eigenvalue weighted by Gasteiger charge is 2.20. The average molecular weight is 248 g/mol. The minimum absolute atomic E-state index is 0.728. The lowest BCUT2D eigenvalue weighted by atomic mass is 10.0. The van der Waals surface area contributed by atoms with Crippen LogP contribution >= 0.6 is 0 Å². The highest BCUT2D eigenvalue weighted by Crippen LogP contribution is 2.23. The van der Waals surface area contributed by atoms with Gasteiger partial charge >= 0.3 is 0 Å². The highest BCUT2D eigenvalue weighted by atomic mass is 15.2. The third kappa shape index (κ3) is 3.13. The second-order valence-corrected chi connectivity index (χ2v) is 5.14. The number of nitrogens with one attached hydrogen (secondary N) is 1. The molecule has 0 atom stereocenters. The van der Waals surface area contributed by atoms with Crippen LogP contribution in [-0.4, -0.2) is 49.7 Å². The molecule has 0 spiro atoms. The molecule has 0 radical (unpaired) electrons. The molecule has 1 saturated heterocycles. The van der Waals surface area contributed by atoms with Crippen LogP contribution in [0.15, 0.2) is 18.5 Å². The van der Waals surface area contributed by atoms with Gasteiger partial charge in [-0.05, 0) is 39.9 Å². The molecule has 0 aliphatic carbocycles. The molecule has 0 bridgehead atoms. The van der Waals surface area contributed by atoms with E-state index in [1.807, 2.05) is 12.4 Å². The molecule has 2 heterocycles. The van der Waals surface area contributed by atoms with Crippen LogP contribution in [0.5, 0.6) is 0 Å². The van der Waals surface area contributed by atoms with Gasteiger partial charge in [-0.3, -0.25) is 4.98 Å². The first-order valence-electron chi connectivity index (χ1n) is 6.81. The summed E-state index contributed by atoms with van der Waals surface area (Å²) in [6.45, 7) is 5.29. The topological polar surface area (TPSA) is 31.4 Å². The summed E-state index contributed by atoms with van der Waals surface area (Å²) in [5.74, 6) is 0. The molecule has 0 amide bonds. The lowest BCUT2D eigenvalue weighted by Gasteiger charge is -2.36. The Bertz CT molecular complexity index is 370. The first-order chi connectivity index (χ1) is 8.70. The summed E-state index contributed by atoms with van der Waals surface area (Å²) >= 11 is 0. The predicted molar refractivity (Wildman–Crippen MR) is 77.3 cm³/mol. The Kier molecular flexibility index (Phi) is 4.42. The smallest absolute Gasteiger partial charge is 0.0573 e. The zero-order valence-electron chi connectivity index (χ0n) is 11.7. The molecule has 18 heavy (non-hydrogen) atoms. The van der Waals surface area contributed by atoms with Crippen molar-refractivity contribution in [1.82, 2.24) is 9.88 Å². The van der Waals surface area contributed by atoms with E-state index in [-0.39, 0.29) is 0 Å². The fraction of sp³-hybridized carbons (Fsp3) is 0.643. The molecule has 100 valence electrons. The van der Waals surface area contributed by atoms with E-state index in [2.05, 4.69) is 47.2 Å². The van der Waals surface area contributed by atoms with E-state index in [0.29, 0.717) is 0 Å². The fourth-order valence-electron chi connectivity index (χ4n) is 2.54. The maximum atomic E-state index is 4.32. The average Bonchev–Trinajstić information content (AvgIpc) is 2.39. The van der Waals surface area contributed by atoms with E-state index in [9.17, 15) is 0 Å². The second kappa shape index (κ2) is 6.05. The summed E-state index contributed by atoms with van der Waals surface area (Å²) in [6.07, 6.45) is 6.33. The third-order valence-corrected chi connectivity index (χ3v) is 3.66. The number of rotatable bonds is 4. The molecule has 0 unspecified atom stereocenters. The van der Waals surface area contributed by atoms with Gasteiger partial charge in [-0.2, -0.15) is 0 Å². The van der Waals surface area contributed by atoms with Crippen LogP contribution in [0, 0.1) is 0 Å². The summed E-state index contributed by atoms with van der Waals surface area (Å²) < 4.78 is 0. The molecule has 1 aromatic rings. The van der Waals surface area contributed by atoms with Crippen molar-refractivity contribution in [1.29, 1.82) is 0 Å². The molecule has 1 fully saturated rings. The monoisotopic (exact) mass is 248 g/mol. The molecule has 1 aliphatic heterocycles. The Balaban J connectivity index is 1.98. The molecule has 0 saturated carbocycles. The largest absolute Gasteiger partial charge is 0.384 e. The number of hydrogen-bond acceptors (Lipinski definition) is 4. The Morgan fingerprint density at radius 3 is 2.67 bits per heavy atom. The number of aromatic nitrogens is 1. The summed E-state index contributed by atoms with van der Waals surface area (Å²) in [6, 6.07) is 2.93. The fourth-order valence-corrected chi connectivity index (χ4v) is 2.54. The first-order valence-corrected chi connectivity index (χ1v) is 6.81. The molecular weight excluding hydrogens is 224 g/mol. The van der Waals surface area contributed by atoms with E-state index >= 15 is 0 Å². The standard InChI is InChI=1S/C14H24N4/c1-4-16-12-9-14(11-15-10-12)18-7-5-13(6-8-18)17(2)3/h9-11,13,16H,4-8H2,1-3H3. The van der Waals surface area contributed by atoms with E-state index < -0.39 is 0 Å². The number of nitrogens with zero attached hydrogens (tertiary/aromatic N) is 3. The van der Waals surface area contributed by atoms with Crippen molar-refractivity contribution in [3.63, 3.8) is 0 Å². The summed E-state index contributed by atoms with van der Waals surface area (Å²) in [5.41, 5.74) is 2.36. The van der Waals surface area contributed by atoms with Gasteiger partial charge in [0.15, 0.2) is 0 Å². The van der Waals surface area contributed by atoms with Crippen molar-refractivity contribution in [2.24, 2.45) is 0 Å². The lowest BCUT2D eigenvalue weighted by Crippen LogP contribution is -2.42. The van der Waals surface area contributed by atoms with Crippen molar-refractivity contribution in [2.45, 2.75) is 25.8 Å². The predicted octanol–water partition coefficient (Wildman–Crippen LogP) is 2.04. The summed E-state index contributed by atoms with van der Waals surface area (Å²) in [4.78, 5) is 9.09. The second-order valence-electron chi connectivity index (χ2n) is 5.14. The van der Waals surface area contributed by atoms with Crippen molar-refractivity contribution in [2.75, 3.05) is 43.9 Å². The maximum absolute atomic E-state index is 4.32. The van der Waals surface area contributed by atoms with E-state index in [1.54, 1.807) is 0 Å². The molecule has 1 aromatic heterocycles. The van der Waals surface area contributed by atoms with Crippen LogP contribution in [-0.2, 0) is 0 Å². The molecule has 2 rings (SSSR count). The quantitative estimate of drug-likeness (QED) is 0.883. The van der Waals surface area contributed by atoms with Crippen LogP contribution in [0.4, 0.5) is 11.4 Å². The molecule has 1 aliphatic rings. The molecule has 0 aromatic carbocycles. The lowest BCUT2D eigenvalue weighted by molar-refractivity contribution is 0.249. The summed E-state index contributed by atoms with van der Waals surface area (Å²) in [5, 5.41) is 3.32. The van der Waals surface area contributed by atoms with E-state index in [1.165, 1.54) is 18.5 Å². The Morgan fingerprint density at radius 2 is 2.06 bits per heavy atom.